The van der Waals surface area contributed by atoms with Crippen molar-refractivity contribution in [3.8, 4) is 0 Å². The number of anilines is 1. The number of halogens is 2. The number of aromatic nitrogens is 1. The van der Waals surface area contributed by atoms with E-state index < -0.39 is 18.5 Å². The zero-order valence-electron chi connectivity index (χ0n) is 13.8. The number of hydrogen-bond acceptors (Lipinski definition) is 4. The summed E-state index contributed by atoms with van der Waals surface area (Å²) in [6.45, 7) is 1.23. The fourth-order valence-electron chi connectivity index (χ4n) is 2.43. The van der Waals surface area contributed by atoms with E-state index in [0.717, 1.165) is 10.8 Å². The maximum Gasteiger partial charge on any atom is 0.339 e. The molecule has 0 spiro atoms. The zero-order chi connectivity index (χ0) is 18.7. The maximum absolute atomic E-state index is 12.3. The average molecular weight is 389 g/mol. The number of nitrogens with zero attached hydrogens (tertiary/aromatic N) is 1. The van der Waals surface area contributed by atoms with E-state index in [-0.39, 0.29) is 10.8 Å². The molecular weight excluding hydrogens is 375 g/mol. The van der Waals surface area contributed by atoms with Gasteiger partial charge in [-0.25, -0.2) is 9.78 Å². The number of nitrogens with one attached hydrogen (secondary N) is 1. The van der Waals surface area contributed by atoms with Gasteiger partial charge in [0.2, 0.25) is 0 Å². The lowest BCUT2D eigenvalue weighted by Gasteiger charge is -2.10. The third-order valence-electron chi connectivity index (χ3n) is 3.71. The van der Waals surface area contributed by atoms with Crippen molar-refractivity contribution in [2.24, 2.45) is 0 Å². The highest BCUT2D eigenvalue weighted by atomic mass is 35.5. The number of benzene rings is 2. The van der Waals surface area contributed by atoms with Gasteiger partial charge in [-0.1, -0.05) is 59.6 Å². The Hall–Kier alpha value is -2.63. The van der Waals surface area contributed by atoms with Gasteiger partial charge in [0.1, 0.15) is 0 Å². The SMILES string of the molecule is Cc1nc(NC(=O)COC(=O)c2cccc3ccccc23)c(Cl)cc1Cl. The van der Waals surface area contributed by atoms with E-state index in [4.69, 9.17) is 27.9 Å². The van der Waals surface area contributed by atoms with E-state index in [1.54, 1.807) is 19.1 Å². The average Bonchev–Trinajstić information content (AvgIpc) is 2.63. The minimum atomic E-state index is -0.580. The molecule has 1 heterocycles. The molecule has 1 N–H and O–H groups in total. The molecule has 26 heavy (non-hydrogen) atoms. The molecule has 1 aromatic heterocycles. The van der Waals surface area contributed by atoms with Crippen LogP contribution in [0.25, 0.3) is 10.8 Å². The summed E-state index contributed by atoms with van der Waals surface area (Å²) < 4.78 is 5.12. The Morgan fingerprint density at radius 1 is 1.08 bits per heavy atom. The van der Waals surface area contributed by atoms with Gasteiger partial charge in [-0.2, -0.15) is 0 Å². The van der Waals surface area contributed by atoms with Gasteiger partial charge in [0.05, 0.1) is 21.3 Å². The summed E-state index contributed by atoms with van der Waals surface area (Å²) in [6.07, 6.45) is 0. The number of rotatable bonds is 4. The molecule has 0 saturated heterocycles. The van der Waals surface area contributed by atoms with Crippen LogP contribution in [-0.2, 0) is 9.53 Å². The van der Waals surface area contributed by atoms with E-state index >= 15 is 0 Å². The van der Waals surface area contributed by atoms with Crippen LogP contribution in [0.5, 0.6) is 0 Å². The summed E-state index contributed by atoms with van der Waals surface area (Å²) in [5.41, 5.74) is 0.925. The van der Waals surface area contributed by atoms with Crippen LogP contribution in [0.2, 0.25) is 10.0 Å². The number of pyridine rings is 1. The molecule has 3 aromatic rings. The molecule has 0 aliphatic carbocycles. The molecule has 7 heteroatoms. The number of aryl methyl sites for hydroxylation is 1. The molecule has 0 atom stereocenters. The Labute approximate surface area is 159 Å². The Bertz CT molecular complexity index is 1000. The highest BCUT2D eigenvalue weighted by Crippen LogP contribution is 2.25. The van der Waals surface area contributed by atoms with E-state index in [2.05, 4.69) is 10.3 Å². The molecule has 132 valence electrons. The van der Waals surface area contributed by atoms with Crippen molar-refractivity contribution in [2.45, 2.75) is 6.92 Å². The van der Waals surface area contributed by atoms with Crippen LogP contribution in [0.15, 0.2) is 48.5 Å². The number of fused-ring (bicyclic) bond motifs is 1. The first-order valence-corrected chi connectivity index (χ1v) is 8.48. The van der Waals surface area contributed by atoms with Crippen molar-refractivity contribution in [3.05, 3.63) is 69.8 Å². The Morgan fingerprint density at radius 3 is 2.62 bits per heavy atom. The monoisotopic (exact) mass is 388 g/mol. The third-order valence-corrected chi connectivity index (χ3v) is 4.38. The molecule has 0 aliphatic rings. The first kappa shape index (κ1) is 18.2. The minimum absolute atomic E-state index is 0.166. The van der Waals surface area contributed by atoms with Crippen molar-refractivity contribution in [2.75, 3.05) is 11.9 Å². The molecule has 3 rings (SSSR count). The maximum atomic E-state index is 12.3. The number of amides is 1. The Balaban J connectivity index is 1.68. The largest absolute Gasteiger partial charge is 0.452 e. The molecule has 0 radical (unpaired) electrons. The lowest BCUT2D eigenvalue weighted by Crippen LogP contribution is -2.22. The van der Waals surface area contributed by atoms with E-state index in [9.17, 15) is 9.59 Å². The summed E-state index contributed by atoms with van der Waals surface area (Å²) in [5.74, 6) is -0.960. The summed E-state index contributed by atoms with van der Waals surface area (Å²) in [6, 6.07) is 14.3. The van der Waals surface area contributed by atoms with E-state index in [0.29, 0.717) is 16.3 Å². The van der Waals surface area contributed by atoms with Gasteiger partial charge in [-0.05, 0) is 29.8 Å². The molecule has 0 bridgehead atoms. The third kappa shape index (κ3) is 3.95. The lowest BCUT2D eigenvalue weighted by molar-refractivity contribution is -0.119. The lowest BCUT2D eigenvalue weighted by atomic mass is 10.1. The number of esters is 1. The topological polar surface area (TPSA) is 68.3 Å². The molecule has 0 fully saturated rings. The van der Waals surface area contributed by atoms with Crippen LogP contribution >= 0.6 is 23.2 Å². The van der Waals surface area contributed by atoms with Gasteiger partial charge in [0.15, 0.2) is 12.4 Å². The highest BCUT2D eigenvalue weighted by Gasteiger charge is 2.15. The van der Waals surface area contributed by atoms with Crippen molar-refractivity contribution in [1.82, 2.24) is 4.98 Å². The summed E-state index contributed by atoms with van der Waals surface area (Å²) in [7, 11) is 0. The molecule has 0 unspecified atom stereocenters. The number of carbonyl (C=O) groups is 2. The number of carbonyl (C=O) groups excluding carboxylic acids is 2. The van der Waals surface area contributed by atoms with Crippen LogP contribution in [0.1, 0.15) is 16.1 Å². The van der Waals surface area contributed by atoms with Crippen LogP contribution in [0.4, 0.5) is 5.82 Å². The van der Waals surface area contributed by atoms with E-state index in [1.165, 1.54) is 6.07 Å². The fraction of sp³-hybridized carbons (Fsp3) is 0.105. The van der Waals surface area contributed by atoms with Crippen molar-refractivity contribution in [3.63, 3.8) is 0 Å². The van der Waals surface area contributed by atoms with Gasteiger partial charge >= 0.3 is 5.97 Å². The molecule has 5 nitrogen and oxygen atoms in total. The van der Waals surface area contributed by atoms with Crippen LogP contribution in [0.3, 0.4) is 0 Å². The van der Waals surface area contributed by atoms with Crippen molar-refractivity contribution in [1.29, 1.82) is 0 Å². The molecule has 2 aromatic carbocycles. The second-order valence-electron chi connectivity index (χ2n) is 5.54. The highest BCUT2D eigenvalue weighted by molar-refractivity contribution is 6.36. The Kier molecular flexibility index (Phi) is 5.40. The standard InChI is InChI=1S/C19H14Cl2N2O3/c1-11-15(20)9-16(21)18(22-11)23-17(24)10-26-19(25)14-8-4-6-12-5-2-3-7-13(12)14/h2-9H,10H2,1H3,(H,22,23,24). The molecular formula is C19H14Cl2N2O3. The second kappa shape index (κ2) is 7.72. The second-order valence-corrected chi connectivity index (χ2v) is 6.35. The molecule has 1 amide bonds. The quantitative estimate of drug-likeness (QED) is 0.660. The molecule has 0 saturated carbocycles. The smallest absolute Gasteiger partial charge is 0.339 e. The summed E-state index contributed by atoms with van der Waals surface area (Å²) in [5, 5.41) is 4.78. The van der Waals surface area contributed by atoms with Crippen LogP contribution < -0.4 is 5.32 Å². The minimum Gasteiger partial charge on any atom is -0.452 e. The van der Waals surface area contributed by atoms with Gasteiger partial charge in [0, 0.05) is 0 Å². The first-order chi connectivity index (χ1) is 12.5. The zero-order valence-corrected chi connectivity index (χ0v) is 15.3. The Morgan fingerprint density at radius 2 is 1.81 bits per heavy atom. The molecule has 0 aliphatic heterocycles. The summed E-state index contributed by atoms with van der Waals surface area (Å²) in [4.78, 5) is 28.5. The van der Waals surface area contributed by atoms with Gasteiger partial charge in [-0.15, -0.1) is 0 Å². The van der Waals surface area contributed by atoms with Crippen LogP contribution in [-0.4, -0.2) is 23.5 Å². The first-order valence-electron chi connectivity index (χ1n) is 7.73. The fourth-order valence-corrected chi connectivity index (χ4v) is 2.83. The number of hydrogen-bond donors (Lipinski definition) is 1. The van der Waals surface area contributed by atoms with Crippen molar-refractivity contribution >= 4 is 51.7 Å². The van der Waals surface area contributed by atoms with Crippen LogP contribution in [0, 0.1) is 6.92 Å². The normalized spacial score (nSPS) is 10.6. The number of ether oxygens (including phenoxy) is 1. The van der Waals surface area contributed by atoms with E-state index in [1.807, 2.05) is 30.3 Å². The predicted octanol–water partition coefficient (Wildman–Crippen LogP) is 4.65. The van der Waals surface area contributed by atoms with Gasteiger partial charge in [0.25, 0.3) is 5.91 Å². The predicted molar refractivity (Wildman–Crippen MR) is 102 cm³/mol. The van der Waals surface area contributed by atoms with Gasteiger partial charge in [-0.3, -0.25) is 4.79 Å². The summed E-state index contributed by atoms with van der Waals surface area (Å²) >= 11 is 11.9. The van der Waals surface area contributed by atoms with Gasteiger partial charge < -0.3 is 10.1 Å². The van der Waals surface area contributed by atoms with Crippen molar-refractivity contribution < 1.29 is 14.3 Å².